The summed E-state index contributed by atoms with van der Waals surface area (Å²) >= 11 is 6.74. The number of aromatic nitrogens is 1. The Morgan fingerprint density at radius 2 is 1.82 bits per heavy atom. The summed E-state index contributed by atoms with van der Waals surface area (Å²) in [7, 11) is 0. The van der Waals surface area contributed by atoms with E-state index in [4.69, 9.17) is 0 Å². The van der Waals surface area contributed by atoms with E-state index in [-0.39, 0.29) is 5.91 Å². The van der Waals surface area contributed by atoms with Gasteiger partial charge in [-0.3, -0.25) is 4.79 Å². The van der Waals surface area contributed by atoms with Gasteiger partial charge < -0.3 is 5.32 Å². The standard InChI is InChI=1S/C22H23BrN2OS2/c1-2-3-4-16-7-11-19(12-8-16)24-21(26)13-20-15-28-22(25-20)27-14-17-5-9-18(23)10-6-17/h5-12,15H,2-4,13-14H2,1H3,(H,24,26). The van der Waals surface area contributed by atoms with Gasteiger partial charge in [0.1, 0.15) is 4.34 Å². The number of amides is 1. The summed E-state index contributed by atoms with van der Waals surface area (Å²) in [5.74, 6) is 0.840. The first-order valence-corrected chi connectivity index (χ1v) is 12.0. The van der Waals surface area contributed by atoms with E-state index in [2.05, 4.69) is 57.4 Å². The lowest BCUT2D eigenvalue weighted by molar-refractivity contribution is -0.115. The third-order valence-electron chi connectivity index (χ3n) is 4.20. The molecule has 0 radical (unpaired) electrons. The number of halogens is 1. The minimum Gasteiger partial charge on any atom is -0.326 e. The molecule has 146 valence electrons. The summed E-state index contributed by atoms with van der Waals surface area (Å²) in [5, 5.41) is 4.93. The minimum absolute atomic E-state index is 0.0314. The number of thioether (sulfide) groups is 1. The van der Waals surface area contributed by atoms with Crippen LogP contribution in [0.25, 0.3) is 0 Å². The smallest absolute Gasteiger partial charge is 0.230 e. The van der Waals surface area contributed by atoms with Crippen LogP contribution in [0.3, 0.4) is 0 Å². The lowest BCUT2D eigenvalue weighted by Gasteiger charge is -2.06. The number of rotatable bonds is 9. The molecule has 1 amide bonds. The van der Waals surface area contributed by atoms with Crippen LogP contribution < -0.4 is 5.32 Å². The molecular weight excluding hydrogens is 452 g/mol. The predicted molar refractivity (Wildman–Crippen MR) is 123 cm³/mol. The van der Waals surface area contributed by atoms with Crippen molar-refractivity contribution in [3.8, 4) is 0 Å². The molecule has 0 unspecified atom stereocenters. The molecule has 2 aromatic carbocycles. The van der Waals surface area contributed by atoms with Crippen LogP contribution in [0, 0.1) is 0 Å². The van der Waals surface area contributed by atoms with Crippen LogP contribution in [-0.2, 0) is 23.4 Å². The molecule has 0 fully saturated rings. The topological polar surface area (TPSA) is 42.0 Å². The maximum atomic E-state index is 12.3. The highest BCUT2D eigenvalue weighted by atomic mass is 79.9. The molecule has 0 saturated carbocycles. The highest BCUT2D eigenvalue weighted by molar-refractivity contribution is 9.10. The number of anilines is 1. The van der Waals surface area contributed by atoms with Gasteiger partial charge in [-0.15, -0.1) is 11.3 Å². The lowest BCUT2D eigenvalue weighted by Crippen LogP contribution is -2.14. The quantitative estimate of drug-likeness (QED) is 0.349. The average molecular weight is 475 g/mol. The molecule has 0 bridgehead atoms. The second-order valence-corrected chi connectivity index (χ2v) is 9.54. The molecule has 6 heteroatoms. The number of benzene rings is 2. The first-order valence-electron chi connectivity index (χ1n) is 9.33. The van der Waals surface area contributed by atoms with Crippen molar-refractivity contribution < 1.29 is 4.79 Å². The molecule has 0 aliphatic rings. The number of hydrogen-bond acceptors (Lipinski definition) is 4. The summed E-state index contributed by atoms with van der Waals surface area (Å²) in [5.41, 5.74) is 4.22. The number of hydrogen-bond donors (Lipinski definition) is 1. The van der Waals surface area contributed by atoms with E-state index < -0.39 is 0 Å². The maximum absolute atomic E-state index is 12.3. The van der Waals surface area contributed by atoms with Gasteiger partial charge in [-0.25, -0.2) is 4.98 Å². The zero-order valence-electron chi connectivity index (χ0n) is 15.8. The number of carbonyl (C=O) groups is 1. The van der Waals surface area contributed by atoms with Crippen molar-refractivity contribution in [1.82, 2.24) is 4.98 Å². The fourth-order valence-electron chi connectivity index (χ4n) is 2.67. The summed E-state index contributed by atoms with van der Waals surface area (Å²) in [6.07, 6.45) is 3.77. The van der Waals surface area contributed by atoms with E-state index in [9.17, 15) is 4.79 Å². The van der Waals surface area contributed by atoms with Crippen LogP contribution in [0.4, 0.5) is 5.69 Å². The lowest BCUT2D eigenvalue weighted by atomic mass is 10.1. The normalized spacial score (nSPS) is 10.8. The Kier molecular flexibility index (Phi) is 8.13. The second kappa shape index (κ2) is 10.8. The summed E-state index contributed by atoms with van der Waals surface area (Å²) < 4.78 is 2.07. The van der Waals surface area contributed by atoms with Crippen LogP contribution in [-0.4, -0.2) is 10.9 Å². The van der Waals surface area contributed by atoms with Crippen LogP contribution in [0.2, 0.25) is 0 Å². The zero-order valence-corrected chi connectivity index (χ0v) is 19.0. The van der Waals surface area contributed by atoms with E-state index in [1.54, 1.807) is 23.1 Å². The molecule has 0 aliphatic heterocycles. The van der Waals surface area contributed by atoms with Crippen molar-refractivity contribution in [2.75, 3.05) is 5.32 Å². The minimum atomic E-state index is -0.0314. The highest BCUT2D eigenvalue weighted by Gasteiger charge is 2.09. The fourth-order valence-corrected chi connectivity index (χ4v) is 4.73. The first kappa shape index (κ1) is 21.1. The summed E-state index contributed by atoms with van der Waals surface area (Å²) in [6.45, 7) is 2.19. The van der Waals surface area contributed by atoms with Crippen molar-refractivity contribution >= 4 is 50.6 Å². The van der Waals surface area contributed by atoms with Crippen molar-refractivity contribution in [2.24, 2.45) is 0 Å². The Morgan fingerprint density at radius 3 is 2.54 bits per heavy atom. The van der Waals surface area contributed by atoms with E-state index in [1.807, 2.05) is 29.6 Å². The Hall–Kier alpha value is -1.63. The van der Waals surface area contributed by atoms with Gasteiger partial charge in [0.15, 0.2) is 0 Å². The highest BCUT2D eigenvalue weighted by Crippen LogP contribution is 2.27. The number of nitrogens with zero attached hydrogens (tertiary/aromatic N) is 1. The Labute approximate surface area is 183 Å². The third-order valence-corrected chi connectivity index (χ3v) is 6.87. The molecule has 1 N–H and O–H groups in total. The second-order valence-electron chi connectivity index (χ2n) is 6.55. The number of nitrogens with one attached hydrogen (secondary N) is 1. The molecular formula is C22H23BrN2OS2. The molecule has 1 heterocycles. The summed E-state index contributed by atoms with van der Waals surface area (Å²) in [6, 6.07) is 16.4. The van der Waals surface area contributed by atoms with E-state index in [1.165, 1.54) is 24.0 Å². The first-order chi connectivity index (χ1) is 13.6. The Bertz CT molecular complexity index is 892. The molecule has 0 spiro atoms. The summed E-state index contributed by atoms with van der Waals surface area (Å²) in [4.78, 5) is 16.9. The maximum Gasteiger partial charge on any atom is 0.230 e. The Balaban J connectivity index is 1.47. The predicted octanol–water partition coefficient (Wildman–Crippen LogP) is 6.72. The number of aryl methyl sites for hydroxylation is 1. The van der Waals surface area contributed by atoms with Gasteiger partial charge >= 0.3 is 0 Å². The van der Waals surface area contributed by atoms with Gasteiger partial charge in [-0.05, 0) is 48.2 Å². The molecule has 3 nitrogen and oxygen atoms in total. The van der Waals surface area contributed by atoms with Gasteiger partial charge in [0.05, 0.1) is 12.1 Å². The van der Waals surface area contributed by atoms with Crippen molar-refractivity contribution in [2.45, 2.75) is 42.7 Å². The van der Waals surface area contributed by atoms with Crippen molar-refractivity contribution in [1.29, 1.82) is 0 Å². The number of carbonyl (C=O) groups excluding carboxylic acids is 1. The molecule has 0 atom stereocenters. The van der Waals surface area contributed by atoms with Gasteiger partial charge in [0.2, 0.25) is 5.91 Å². The van der Waals surface area contributed by atoms with E-state index in [0.717, 1.165) is 32.4 Å². The third kappa shape index (κ3) is 6.76. The van der Waals surface area contributed by atoms with Gasteiger partial charge in [0.25, 0.3) is 0 Å². The molecule has 3 rings (SSSR count). The van der Waals surface area contributed by atoms with Crippen molar-refractivity contribution in [3.63, 3.8) is 0 Å². The SMILES string of the molecule is CCCCc1ccc(NC(=O)Cc2csc(SCc3ccc(Br)cc3)n2)cc1. The molecule has 0 saturated heterocycles. The molecule has 0 aliphatic carbocycles. The van der Waals surface area contributed by atoms with Crippen LogP contribution in [0.5, 0.6) is 0 Å². The average Bonchev–Trinajstić information content (AvgIpc) is 3.14. The van der Waals surface area contributed by atoms with Crippen molar-refractivity contribution in [3.05, 3.63) is 75.2 Å². The van der Waals surface area contributed by atoms with Crippen LogP contribution >= 0.6 is 39.0 Å². The van der Waals surface area contributed by atoms with E-state index in [0.29, 0.717) is 6.42 Å². The number of unbranched alkanes of at least 4 members (excludes halogenated alkanes) is 1. The molecule has 28 heavy (non-hydrogen) atoms. The van der Waals surface area contributed by atoms with E-state index >= 15 is 0 Å². The molecule has 3 aromatic rings. The van der Waals surface area contributed by atoms with Gasteiger partial charge in [-0.1, -0.05) is 65.3 Å². The number of thiazole rings is 1. The van der Waals surface area contributed by atoms with Crippen LogP contribution in [0.15, 0.2) is 62.7 Å². The molecule has 1 aromatic heterocycles. The zero-order chi connectivity index (χ0) is 19.8. The van der Waals surface area contributed by atoms with Crippen LogP contribution in [0.1, 0.15) is 36.6 Å². The van der Waals surface area contributed by atoms with Gasteiger partial charge in [0, 0.05) is 21.3 Å². The Morgan fingerprint density at radius 1 is 1.11 bits per heavy atom. The largest absolute Gasteiger partial charge is 0.326 e. The fraction of sp³-hybridized carbons (Fsp3) is 0.273. The monoisotopic (exact) mass is 474 g/mol. The van der Waals surface area contributed by atoms with Gasteiger partial charge in [-0.2, -0.15) is 0 Å².